The van der Waals surface area contributed by atoms with Crippen molar-refractivity contribution in [2.45, 2.75) is 71.4 Å². The van der Waals surface area contributed by atoms with Crippen molar-refractivity contribution in [1.29, 1.82) is 0 Å². The van der Waals surface area contributed by atoms with Crippen LogP contribution in [-0.4, -0.2) is 39.5 Å². The molecule has 0 unspecified atom stereocenters. The van der Waals surface area contributed by atoms with Gasteiger partial charge >= 0.3 is 0 Å². The number of carbonyl (C=O) groups is 1. The molecule has 6 nitrogen and oxygen atoms in total. The number of amides is 1. The van der Waals surface area contributed by atoms with Crippen LogP contribution in [0.15, 0.2) is 0 Å². The second-order valence-corrected chi connectivity index (χ2v) is 6.24. The minimum atomic E-state index is -0.137. The molecule has 1 aliphatic heterocycles. The Morgan fingerprint density at radius 1 is 1.27 bits per heavy atom. The molecule has 0 aliphatic carbocycles. The number of aromatic nitrogens is 3. The predicted octanol–water partition coefficient (Wildman–Crippen LogP) is 2.21. The highest BCUT2D eigenvalue weighted by molar-refractivity contribution is 5.93. The van der Waals surface area contributed by atoms with E-state index >= 15 is 0 Å². The third kappa shape index (κ3) is 3.32. The van der Waals surface area contributed by atoms with Gasteiger partial charge in [0.15, 0.2) is 5.69 Å². The molecule has 0 spiro atoms. The van der Waals surface area contributed by atoms with Gasteiger partial charge in [0, 0.05) is 5.54 Å². The standard InChI is InChI=1S/C16H29N5O/c1-5-16(6-2,7-3)18-15(22)14-12(4)21(20-19-14)13-8-10-17-11-9-13/h13,17H,5-11H2,1-4H3,(H,18,22). The van der Waals surface area contributed by atoms with Gasteiger partial charge in [-0.15, -0.1) is 5.10 Å². The lowest BCUT2D eigenvalue weighted by molar-refractivity contribution is 0.0882. The van der Waals surface area contributed by atoms with Crippen LogP contribution in [0.2, 0.25) is 0 Å². The van der Waals surface area contributed by atoms with Crippen LogP contribution in [0.25, 0.3) is 0 Å². The highest BCUT2D eigenvalue weighted by Crippen LogP contribution is 2.22. The molecule has 1 aliphatic rings. The van der Waals surface area contributed by atoms with E-state index in [9.17, 15) is 4.79 Å². The van der Waals surface area contributed by atoms with Crippen LogP contribution in [0.1, 0.15) is 75.1 Å². The van der Waals surface area contributed by atoms with Crippen LogP contribution < -0.4 is 10.6 Å². The molecule has 0 radical (unpaired) electrons. The predicted molar refractivity (Wildman–Crippen MR) is 87.0 cm³/mol. The van der Waals surface area contributed by atoms with E-state index in [0.29, 0.717) is 11.7 Å². The normalized spacial score (nSPS) is 16.7. The fraction of sp³-hybridized carbons (Fsp3) is 0.812. The zero-order valence-corrected chi connectivity index (χ0v) is 14.3. The summed E-state index contributed by atoms with van der Waals surface area (Å²) >= 11 is 0. The fourth-order valence-electron chi connectivity index (χ4n) is 3.26. The van der Waals surface area contributed by atoms with Crippen molar-refractivity contribution in [2.75, 3.05) is 13.1 Å². The maximum atomic E-state index is 12.6. The Morgan fingerprint density at radius 2 is 1.86 bits per heavy atom. The molecule has 0 bridgehead atoms. The smallest absolute Gasteiger partial charge is 0.274 e. The minimum Gasteiger partial charge on any atom is -0.345 e. The lowest BCUT2D eigenvalue weighted by atomic mass is 9.89. The van der Waals surface area contributed by atoms with Crippen LogP contribution in [0.4, 0.5) is 0 Å². The van der Waals surface area contributed by atoms with E-state index in [4.69, 9.17) is 0 Å². The quantitative estimate of drug-likeness (QED) is 0.845. The summed E-state index contributed by atoms with van der Waals surface area (Å²) in [4.78, 5) is 12.6. The van der Waals surface area contributed by atoms with Gasteiger partial charge in [-0.2, -0.15) is 0 Å². The molecule has 124 valence electrons. The van der Waals surface area contributed by atoms with Crippen LogP contribution >= 0.6 is 0 Å². The number of nitrogens with one attached hydrogen (secondary N) is 2. The summed E-state index contributed by atoms with van der Waals surface area (Å²) in [6.07, 6.45) is 4.84. The van der Waals surface area contributed by atoms with Gasteiger partial charge in [0.05, 0.1) is 11.7 Å². The zero-order valence-electron chi connectivity index (χ0n) is 14.3. The molecule has 2 N–H and O–H groups in total. The third-order valence-electron chi connectivity index (χ3n) is 5.21. The van der Waals surface area contributed by atoms with Crippen molar-refractivity contribution >= 4 is 5.91 Å². The largest absolute Gasteiger partial charge is 0.345 e. The van der Waals surface area contributed by atoms with Crippen LogP contribution in [0.3, 0.4) is 0 Å². The molecular weight excluding hydrogens is 278 g/mol. The summed E-state index contributed by atoms with van der Waals surface area (Å²) in [5.74, 6) is -0.0942. The molecule has 1 saturated heterocycles. The Balaban J connectivity index is 2.15. The Hall–Kier alpha value is -1.43. The van der Waals surface area contributed by atoms with E-state index in [1.54, 1.807) is 0 Å². The first-order chi connectivity index (χ1) is 10.6. The van der Waals surface area contributed by atoms with Crippen molar-refractivity contribution in [3.8, 4) is 0 Å². The SMILES string of the molecule is CCC(CC)(CC)NC(=O)c1nnn(C2CCNCC2)c1C. The molecule has 0 saturated carbocycles. The molecule has 1 aromatic heterocycles. The van der Waals surface area contributed by atoms with Gasteiger partial charge in [-0.1, -0.05) is 26.0 Å². The van der Waals surface area contributed by atoms with Gasteiger partial charge in [0.25, 0.3) is 5.91 Å². The van der Waals surface area contributed by atoms with Crippen LogP contribution in [-0.2, 0) is 0 Å². The molecule has 0 atom stereocenters. The molecule has 6 heteroatoms. The number of hydrogen-bond donors (Lipinski definition) is 2. The van der Waals surface area contributed by atoms with E-state index in [1.165, 1.54) is 0 Å². The van der Waals surface area contributed by atoms with E-state index < -0.39 is 0 Å². The monoisotopic (exact) mass is 307 g/mol. The van der Waals surface area contributed by atoms with E-state index in [2.05, 4.69) is 41.7 Å². The first kappa shape index (κ1) is 16.9. The summed E-state index contributed by atoms with van der Waals surface area (Å²) < 4.78 is 1.93. The summed E-state index contributed by atoms with van der Waals surface area (Å²) in [6.45, 7) is 10.3. The zero-order chi connectivity index (χ0) is 16.2. The first-order valence-corrected chi connectivity index (χ1v) is 8.52. The molecule has 2 heterocycles. The van der Waals surface area contributed by atoms with Gasteiger partial charge in [-0.25, -0.2) is 4.68 Å². The van der Waals surface area contributed by atoms with Crippen molar-refractivity contribution in [1.82, 2.24) is 25.6 Å². The molecular formula is C16H29N5O. The molecule has 1 amide bonds. The molecule has 0 aromatic carbocycles. The fourth-order valence-corrected chi connectivity index (χ4v) is 3.26. The second kappa shape index (κ2) is 7.22. The second-order valence-electron chi connectivity index (χ2n) is 6.24. The summed E-state index contributed by atoms with van der Waals surface area (Å²) in [7, 11) is 0. The highest BCUT2D eigenvalue weighted by Gasteiger charge is 2.29. The van der Waals surface area contributed by atoms with Gasteiger partial charge in [-0.05, 0) is 52.1 Å². The van der Waals surface area contributed by atoms with E-state index in [1.807, 2.05) is 11.6 Å². The van der Waals surface area contributed by atoms with Gasteiger partial charge < -0.3 is 10.6 Å². The number of rotatable bonds is 6. The summed E-state index contributed by atoms with van der Waals surface area (Å²) in [6, 6.07) is 0.351. The number of hydrogen-bond acceptors (Lipinski definition) is 4. The van der Waals surface area contributed by atoms with Crippen molar-refractivity contribution in [2.24, 2.45) is 0 Å². The average Bonchev–Trinajstić information content (AvgIpc) is 2.95. The van der Waals surface area contributed by atoms with Crippen LogP contribution in [0.5, 0.6) is 0 Å². The van der Waals surface area contributed by atoms with Crippen LogP contribution in [0, 0.1) is 6.92 Å². The Morgan fingerprint density at radius 3 is 2.41 bits per heavy atom. The maximum Gasteiger partial charge on any atom is 0.274 e. The topological polar surface area (TPSA) is 71.8 Å². The van der Waals surface area contributed by atoms with Crippen molar-refractivity contribution < 1.29 is 4.79 Å². The van der Waals surface area contributed by atoms with Gasteiger partial charge in [-0.3, -0.25) is 4.79 Å². The maximum absolute atomic E-state index is 12.6. The number of nitrogens with zero attached hydrogens (tertiary/aromatic N) is 3. The van der Waals surface area contributed by atoms with Crippen molar-refractivity contribution in [3.05, 3.63) is 11.4 Å². The van der Waals surface area contributed by atoms with Gasteiger partial charge in [0.1, 0.15) is 0 Å². The van der Waals surface area contributed by atoms with Crippen molar-refractivity contribution in [3.63, 3.8) is 0 Å². The Labute approximate surface area is 133 Å². The first-order valence-electron chi connectivity index (χ1n) is 8.52. The molecule has 22 heavy (non-hydrogen) atoms. The minimum absolute atomic E-state index is 0.0942. The molecule has 2 rings (SSSR count). The molecule has 1 aromatic rings. The van der Waals surface area contributed by atoms with Gasteiger partial charge in [0.2, 0.25) is 0 Å². The highest BCUT2D eigenvalue weighted by atomic mass is 16.2. The lowest BCUT2D eigenvalue weighted by Crippen LogP contribution is -2.47. The number of carbonyl (C=O) groups excluding carboxylic acids is 1. The summed E-state index contributed by atoms with van der Waals surface area (Å²) in [5.41, 5.74) is 1.21. The van der Waals surface area contributed by atoms with E-state index in [0.717, 1.165) is 50.9 Å². The van der Waals surface area contributed by atoms with E-state index in [-0.39, 0.29) is 11.4 Å². The molecule has 1 fully saturated rings. The number of piperidine rings is 1. The lowest BCUT2D eigenvalue weighted by Gasteiger charge is -2.31. The average molecular weight is 307 g/mol. The Bertz CT molecular complexity index is 492. The Kier molecular flexibility index (Phi) is 5.56. The summed E-state index contributed by atoms with van der Waals surface area (Å²) in [5, 5.41) is 14.9. The third-order valence-corrected chi connectivity index (χ3v) is 5.21.